The van der Waals surface area contributed by atoms with Gasteiger partial charge in [0, 0.05) is 13.1 Å². The molecule has 1 atom stereocenters. The van der Waals surface area contributed by atoms with Crippen molar-refractivity contribution in [3.8, 4) is 5.75 Å². The molecule has 3 heteroatoms. The van der Waals surface area contributed by atoms with Crippen LogP contribution < -0.4 is 4.74 Å². The molecular weight excluding hydrogens is 250 g/mol. The predicted octanol–water partition coefficient (Wildman–Crippen LogP) is 3.49. The van der Waals surface area contributed by atoms with Crippen LogP contribution in [0, 0.1) is 5.92 Å². The first-order valence-electron chi connectivity index (χ1n) is 7.59. The Morgan fingerprint density at radius 3 is 2.10 bits per heavy atom. The molecule has 0 bridgehead atoms. The van der Waals surface area contributed by atoms with E-state index in [-0.39, 0.29) is 6.10 Å². The zero-order valence-corrected chi connectivity index (χ0v) is 13.5. The smallest absolute Gasteiger partial charge is 0.119 e. The summed E-state index contributed by atoms with van der Waals surface area (Å²) in [4.78, 5) is 2.29. The quantitative estimate of drug-likeness (QED) is 0.790. The Morgan fingerprint density at radius 1 is 1.05 bits per heavy atom. The Morgan fingerprint density at radius 2 is 1.65 bits per heavy atom. The third-order valence-electron chi connectivity index (χ3n) is 3.14. The first-order chi connectivity index (χ1) is 9.42. The molecule has 1 N–H and O–H groups in total. The van der Waals surface area contributed by atoms with Gasteiger partial charge in [0.2, 0.25) is 0 Å². The second-order valence-electron chi connectivity index (χ2n) is 6.00. The van der Waals surface area contributed by atoms with Crippen LogP contribution in [0.5, 0.6) is 5.75 Å². The molecule has 0 aliphatic heterocycles. The molecule has 0 saturated carbocycles. The van der Waals surface area contributed by atoms with E-state index in [1.807, 2.05) is 38.1 Å². The fourth-order valence-electron chi connectivity index (χ4n) is 2.24. The molecule has 1 aromatic rings. The van der Waals surface area contributed by atoms with Gasteiger partial charge >= 0.3 is 0 Å². The van der Waals surface area contributed by atoms with Crippen LogP contribution in [0.4, 0.5) is 0 Å². The summed E-state index contributed by atoms with van der Waals surface area (Å²) in [5, 5.41) is 10.3. The van der Waals surface area contributed by atoms with E-state index in [1.54, 1.807) is 0 Å². The van der Waals surface area contributed by atoms with E-state index in [4.69, 9.17) is 4.74 Å². The van der Waals surface area contributed by atoms with E-state index >= 15 is 0 Å². The topological polar surface area (TPSA) is 32.7 Å². The van der Waals surface area contributed by atoms with Gasteiger partial charge in [-0.1, -0.05) is 32.9 Å². The Kier molecular flexibility index (Phi) is 7.03. The number of likely N-dealkylation sites (N-methyl/N-ethyl adjacent to an activating group) is 1. The van der Waals surface area contributed by atoms with Gasteiger partial charge in [0.1, 0.15) is 5.75 Å². The number of ether oxygens (including phenoxy) is 1. The van der Waals surface area contributed by atoms with Crippen molar-refractivity contribution in [2.75, 3.05) is 19.6 Å². The molecule has 0 fully saturated rings. The van der Waals surface area contributed by atoms with Gasteiger partial charge in [-0.3, -0.25) is 0 Å². The summed E-state index contributed by atoms with van der Waals surface area (Å²) in [6.45, 7) is 13.2. The molecule has 1 rings (SSSR count). The van der Waals surface area contributed by atoms with E-state index in [0.717, 1.165) is 24.4 Å². The summed E-state index contributed by atoms with van der Waals surface area (Å²) in [5.74, 6) is 1.47. The van der Waals surface area contributed by atoms with Crippen LogP contribution in [-0.4, -0.2) is 35.7 Å². The molecule has 1 aromatic carbocycles. The van der Waals surface area contributed by atoms with E-state index in [0.29, 0.717) is 12.5 Å². The van der Waals surface area contributed by atoms with Crippen LogP contribution in [0.25, 0.3) is 0 Å². The fraction of sp³-hybridized carbons (Fsp3) is 0.647. The van der Waals surface area contributed by atoms with E-state index < -0.39 is 6.10 Å². The molecule has 0 aromatic heterocycles. The molecule has 0 heterocycles. The maximum atomic E-state index is 10.3. The minimum atomic E-state index is -0.443. The Hall–Kier alpha value is -1.06. The molecule has 0 saturated heterocycles. The third-order valence-corrected chi connectivity index (χ3v) is 3.14. The zero-order valence-electron chi connectivity index (χ0n) is 13.5. The highest BCUT2D eigenvalue weighted by molar-refractivity contribution is 5.28. The van der Waals surface area contributed by atoms with Crippen molar-refractivity contribution in [1.29, 1.82) is 0 Å². The number of hydrogen-bond donors (Lipinski definition) is 1. The number of rotatable bonds is 8. The van der Waals surface area contributed by atoms with Gasteiger partial charge in [0.25, 0.3) is 0 Å². The second kappa shape index (κ2) is 8.28. The van der Waals surface area contributed by atoms with E-state index in [2.05, 4.69) is 25.7 Å². The molecule has 0 radical (unpaired) electrons. The lowest BCUT2D eigenvalue weighted by Gasteiger charge is -2.25. The van der Waals surface area contributed by atoms with Gasteiger partial charge in [-0.2, -0.15) is 0 Å². The maximum Gasteiger partial charge on any atom is 0.119 e. The molecular formula is C17H29NO2. The molecule has 3 nitrogen and oxygen atoms in total. The average Bonchev–Trinajstić information content (AvgIpc) is 2.37. The van der Waals surface area contributed by atoms with Gasteiger partial charge < -0.3 is 14.7 Å². The van der Waals surface area contributed by atoms with Crippen molar-refractivity contribution in [3.63, 3.8) is 0 Å². The highest BCUT2D eigenvalue weighted by Gasteiger charge is 2.13. The summed E-state index contributed by atoms with van der Waals surface area (Å²) < 4.78 is 5.61. The monoisotopic (exact) mass is 279 g/mol. The number of nitrogens with zero attached hydrogens (tertiary/aromatic N) is 1. The molecule has 1 unspecified atom stereocenters. The third kappa shape index (κ3) is 5.93. The largest absolute Gasteiger partial charge is 0.491 e. The molecule has 20 heavy (non-hydrogen) atoms. The number of aliphatic hydroxyl groups excluding tert-OH is 1. The van der Waals surface area contributed by atoms with Crippen molar-refractivity contribution in [2.45, 2.75) is 46.8 Å². The number of benzene rings is 1. The summed E-state index contributed by atoms with van der Waals surface area (Å²) in [6, 6.07) is 7.76. The normalized spacial score (nSPS) is 13.2. The van der Waals surface area contributed by atoms with Gasteiger partial charge in [-0.25, -0.2) is 0 Å². The molecule has 114 valence electrons. The van der Waals surface area contributed by atoms with Gasteiger partial charge in [-0.05, 0) is 44.0 Å². The molecule has 0 aliphatic rings. The first-order valence-corrected chi connectivity index (χ1v) is 7.59. The van der Waals surface area contributed by atoms with Gasteiger partial charge in [0.15, 0.2) is 0 Å². The van der Waals surface area contributed by atoms with Crippen molar-refractivity contribution in [3.05, 3.63) is 29.8 Å². The summed E-state index contributed by atoms with van der Waals surface area (Å²) in [5.41, 5.74) is 0.948. The number of aliphatic hydroxyl groups is 1. The lowest BCUT2D eigenvalue weighted by Crippen LogP contribution is -2.31. The zero-order chi connectivity index (χ0) is 15.1. The Balaban J connectivity index is 2.60. The van der Waals surface area contributed by atoms with E-state index in [9.17, 15) is 5.11 Å². The SMILES string of the molecule is CCN(CC(C)C)CC(O)c1ccc(OC(C)C)cc1. The van der Waals surface area contributed by atoms with Gasteiger partial charge in [-0.15, -0.1) is 0 Å². The summed E-state index contributed by atoms with van der Waals surface area (Å²) in [7, 11) is 0. The van der Waals surface area contributed by atoms with Crippen LogP contribution in [-0.2, 0) is 0 Å². The van der Waals surface area contributed by atoms with Crippen LogP contribution >= 0.6 is 0 Å². The van der Waals surface area contributed by atoms with Crippen LogP contribution in [0.15, 0.2) is 24.3 Å². The molecule has 0 spiro atoms. The van der Waals surface area contributed by atoms with Crippen molar-refractivity contribution < 1.29 is 9.84 Å². The molecule has 0 amide bonds. The highest BCUT2D eigenvalue weighted by atomic mass is 16.5. The lowest BCUT2D eigenvalue weighted by atomic mass is 10.1. The second-order valence-corrected chi connectivity index (χ2v) is 6.00. The molecule has 0 aliphatic carbocycles. The average molecular weight is 279 g/mol. The van der Waals surface area contributed by atoms with E-state index in [1.165, 1.54) is 0 Å². The maximum absolute atomic E-state index is 10.3. The Bertz CT molecular complexity index is 373. The van der Waals surface area contributed by atoms with Crippen molar-refractivity contribution in [2.24, 2.45) is 5.92 Å². The standard InChI is InChI=1S/C17H29NO2/c1-6-18(11-13(2)3)12-17(19)15-7-9-16(10-8-15)20-14(4)5/h7-10,13-14,17,19H,6,11-12H2,1-5H3. The first kappa shape index (κ1) is 17.0. The fourth-order valence-corrected chi connectivity index (χ4v) is 2.24. The Labute approximate surface area is 123 Å². The van der Waals surface area contributed by atoms with Crippen LogP contribution in [0.2, 0.25) is 0 Å². The highest BCUT2D eigenvalue weighted by Crippen LogP contribution is 2.19. The predicted molar refractivity (Wildman–Crippen MR) is 84.1 cm³/mol. The van der Waals surface area contributed by atoms with Gasteiger partial charge in [0.05, 0.1) is 12.2 Å². The minimum Gasteiger partial charge on any atom is -0.491 e. The number of hydrogen-bond acceptors (Lipinski definition) is 3. The van der Waals surface area contributed by atoms with Crippen molar-refractivity contribution in [1.82, 2.24) is 4.90 Å². The summed E-state index contributed by atoms with van der Waals surface area (Å²) in [6.07, 6.45) is -0.269. The lowest BCUT2D eigenvalue weighted by molar-refractivity contribution is 0.109. The van der Waals surface area contributed by atoms with Crippen LogP contribution in [0.1, 0.15) is 46.3 Å². The van der Waals surface area contributed by atoms with Crippen LogP contribution in [0.3, 0.4) is 0 Å². The van der Waals surface area contributed by atoms with Crippen molar-refractivity contribution >= 4 is 0 Å². The minimum absolute atomic E-state index is 0.174. The summed E-state index contributed by atoms with van der Waals surface area (Å²) >= 11 is 0.